The maximum absolute atomic E-state index is 6.13. The summed E-state index contributed by atoms with van der Waals surface area (Å²) in [5.74, 6) is 0. The van der Waals surface area contributed by atoms with Gasteiger partial charge in [0.25, 0.3) is 0 Å². The lowest BCUT2D eigenvalue weighted by molar-refractivity contribution is 0.816. The van der Waals surface area contributed by atoms with Crippen molar-refractivity contribution in [3.05, 3.63) is 53.2 Å². The minimum absolute atomic E-state index is 0.733. The van der Waals surface area contributed by atoms with Crippen LogP contribution in [0.25, 0.3) is 11.3 Å². The molecule has 0 aliphatic heterocycles. The van der Waals surface area contributed by atoms with Crippen LogP contribution in [0.1, 0.15) is 5.56 Å². The number of pyridine rings is 1. The molecule has 82 valence electrons. The summed E-state index contributed by atoms with van der Waals surface area (Å²) < 4.78 is 0. The first-order chi connectivity index (χ1) is 7.81. The van der Waals surface area contributed by atoms with Crippen molar-refractivity contribution in [2.24, 2.45) is 0 Å². The fourth-order valence-corrected chi connectivity index (χ4v) is 1.84. The Morgan fingerprint density at radius 2 is 2.06 bits per heavy atom. The minimum Gasteiger partial charge on any atom is -0.316 e. The summed E-state index contributed by atoms with van der Waals surface area (Å²) in [5, 5.41) is 3.85. The number of nitrogens with zero attached hydrogens (tertiary/aromatic N) is 1. The Bertz CT molecular complexity index is 483. The number of aromatic nitrogens is 1. The van der Waals surface area contributed by atoms with Gasteiger partial charge in [-0.05, 0) is 30.8 Å². The van der Waals surface area contributed by atoms with Crippen LogP contribution in [0.3, 0.4) is 0 Å². The first-order valence-electron chi connectivity index (χ1n) is 5.15. The van der Waals surface area contributed by atoms with Gasteiger partial charge in [-0.15, -0.1) is 0 Å². The molecule has 0 aliphatic rings. The molecule has 16 heavy (non-hydrogen) atoms. The van der Waals surface area contributed by atoms with Gasteiger partial charge in [-0.25, -0.2) is 0 Å². The molecule has 1 aromatic carbocycles. The van der Waals surface area contributed by atoms with E-state index in [0.29, 0.717) is 0 Å². The smallest absolute Gasteiger partial charge is 0.0720 e. The van der Waals surface area contributed by atoms with E-state index in [-0.39, 0.29) is 0 Å². The van der Waals surface area contributed by atoms with Crippen LogP contribution in [0.4, 0.5) is 0 Å². The predicted molar refractivity (Wildman–Crippen MR) is 67.4 cm³/mol. The average molecular weight is 233 g/mol. The van der Waals surface area contributed by atoms with Gasteiger partial charge in [-0.1, -0.05) is 29.8 Å². The van der Waals surface area contributed by atoms with Crippen molar-refractivity contribution >= 4 is 11.6 Å². The van der Waals surface area contributed by atoms with Crippen LogP contribution in [0.15, 0.2) is 42.6 Å². The Balaban J connectivity index is 2.40. The molecule has 2 nitrogen and oxygen atoms in total. The Morgan fingerprint density at radius 1 is 1.25 bits per heavy atom. The van der Waals surface area contributed by atoms with Crippen molar-refractivity contribution < 1.29 is 0 Å². The number of benzene rings is 1. The number of hydrogen-bond donors (Lipinski definition) is 1. The molecule has 0 bridgehead atoms. The highest BCUT2D eigenvalue weighted by molar-refractivity contribution is 6.33. The molecule has 1 N–H and O–H groups in total. The molecule has 2 rings (SSSR count). The van der Waals surface area contributed by atoms with Gasteiger partial charge in [0.1, 0.15) is 0 Å². The second-order valence-corrected chi connectivity index (χ2v) is 3.97. The predicted octanol–water partition coefficient (Wildman–Crippen LogP) is 3.12. The van der Waals surface area contributed by atoms with Crippen LogP contribution < -0.4 is 5.32 Å². The van der Waals surface area contributed by atoms with Gasteiger partial charge in [0.15, 0.2) is 0 Å². The molecule has 0 saturated carbocycles. The van der Waals surface area contributed by atoms with E-state index in [2.05, 4.69) is 16.4 Å². The number of hydrogen-bond acceptors (Lipinski definition) is 2. The lowest BCUT2D eigenvalue weighted by Crippen LogP contribution is -2.05. The molecule has 0 radical (unpaired) electrons. The van der Waals surface area contributed by atoms with Gasteiger partial charge in [0.2, 0.25) is 0 Å². The van der Waals surface area contributed by atoms with E-state index in [1.165, 1.54) is 5.56 Å². The molecule has 3 heteroatoms. The fourth-order valence-electron chi connectivity index (χ4n) is 1.60. The SMILES string of the molecule is CNCc1ccnc(-c2ccccc2Cl)c1. The Kier molecular flexibility index (Phi) is 3.54. The first kappa shape index (κ1) is 11.1. The van der Waals surface area contributed by atoms with E-state index in [1.54, 1.807) is 0 Å². The largest absolute Gasteiger partial charge is 0.316 e. The number of halogens is 1. The molecule has 1 aromatic heterocycles. The van der Waals surface area contributed by atoms with Crippen molar-refractivity contribution in [3.63, 3.8) is 0 Å². The first-order valence-corrected chi connectivity index (χ1v) is 5.53. The topological polar surface area (TPSA) is 24.9 Å². The minimum atomic E-state index is 0.733. The summed E-state index contributed by atoms with van der Waals surface area (Å²) >= 11 is 6.13. The third-order valence-electron chi connectivity index (χ3n) is 2.36. The van der Waals surface area contributed by atoms with Crippen molar-refractivity contribution in [3.8, 4) is 11.3 Å². The summed E-state index contributed by atoms with van der Waals surface area (Å²) in [7, 11) is 1.93. The Labute approximate surface area is 100 Å². The highest BCUT2D eigenvalue weighted by Gasteiger charge is 2.04. The van der Waals surface area contributed by atoms with Gasteiger partial charge in [0.05, 0.1) is 5.69 Å². The molecular weight excluding hydrogens is 220 g/mol. The third kappa shape index (κ3) is 2.40. The van der Waals surface area contributed by atoms with Gasteiger partial charge < -0.3 is 5.32 Å². The second kappa shape index (κ2) is 5.10. The van der Waals surface area contributed by atoms with E-state index in [0.717, 1.165) is 22.8 Å². The van der Waals surface area contributed by atoms with Gasteiger partial charge >= 0.3 is 0 Å². The summed E-state index contributed by atoms with van der Waals surface area (Å²) in [6.07, 6.45) is 1.81. The molecule has 0 aliphatic carbocycles. The Morgan fingerprint density at radius 3 is 2.81 bits per heavy atom. The van der Waals surface area contributed by atoms with E-state index in [1.807, 2.05) is 43.6 Å². The molecule has 0 unspecified atom stereocenters. The monoisotopic (exact) mass is 232 g/mol. The van der Waals surface area contributed by atoms with Gasteiger partial charge in [-0.2, -0.15) is 0 Å². The van der Waals surface area contributed by atoms with Crippen LogP contribution >= 0.6 is 11.6 Å². The maximum atomic E-state index is 6.13. The van der Waals surface area contributed by atoms with Crippen molar-refractivity contribution in [2.75, 3.05) is 7.05 Å². The lowest BCUT2D eigenvalue weighted by atomic mass is 10.1. The zero-order valence-corrected chi connectivity index (χ0v) is 9.83. The summed E-state index contributed by atoms with van der Waals surface area (Å²) in [6.45, 7) is 0.833. The van der Waals surface area contributed by atoms with Crippen LogP contribution in [0, 0.1) is 0 Å². The van der Waals surface area contributed by atoms with E-state index < -0.39 is 0 Å². The van der Waals surface area contributed by atoms with E-state index in [9.17, 15) is 0 Å². The lowest BCUT2D eigenvalue weighted by Gasteiger charge is -2.05. The fraction of sp³-hybridized carbons (Fsp3) is 0.154. The second-order valence-electron chi connectivity index (χ2n) is 3.56. The molecule has 0 atom stereocenters. The normalized spacial score (nSPS) is 10.4. The van der Waals surface area contributed by atoms with Gasteiger partial charge in [0, 0.05) is 23.3 Å². The molecular formula is C13H13ClN2. The molecule has 0 fully saturated rings. The summed E-state index contributed by atoms with van der Waals surface area (Å²) in [4.78, 5) is 4.34. The number of rotatable bonds is 3. The maximum Gasteiger partial charge on any atom is 0.0720 e. The average Bonchev–Trinajstić information content (AvgIpc) is 2.30. The van der Waals surface area contributed by atoms with Crippen LogP contribution in [-0.2, 0) is 6.54 Å². The van der Waals surface area contributed by atoms with Crippen molar-refractivity contribution in [1.82, 2.24) is 10.3 Å². The quantitative estimate of drug-likeness (QED) is 0.880. The van der Waals surface area contributed by atoms with Crippen molar-refractivity contribution in [2.45, 2.75) is 6.54 Å². The van der Waals surface area contributed by atoms with Crippen LogP contribution in [-0.4, -0.2) is 12.0 Å². The zero-order valence-electron chi connectivity index (χ0n) is 9.07. The summed E-state index contributed by atoms with van der Waals surface area (Å²) in [6, 6.07) is 11.8. The highest BCUT2D eigenvalue weighted by Crippen LogP contribution is 2.26. The molecule has 1 heterocycles. The van der Waals surface area contributed by atoms with Crippen LogP contribution in [0.5, 0.6) is 0 Å². The molecule has 0 amide bonds. The van der Waals surface area contributed by atoms with Gasteiger partial charge in [-0.3, -0.25) is 4.98 Å². The molecule has 0 saturated heterocycles. The highest BCUT2D eigenvalue weighted by atomic mass is 35.5. The standard InChI is InChI=1S/C13H13ClN2/c1-15-9-10-6-7-16-13(8-10)11-4-2-3-5-12(11)14/h2-8,15H,9H2,1H3. The van der Waals surface area contributed by atoms with E-state index in [4.69, 9.17) is 11.6 Å². The molecule has 2 aromatic rings. The molecule has 0 spiro atoms. The van der Waals surface area contributed by atoms with Crippen LogP contribution in [0.2, 0.25) is 5.02 Å². The van der Waals surface area contributed by atoms with Crippen molar-refractivity contribution in [1.29, 1.82) is 0 Å². The number of nitrogens with one attached hydrogen (secondary N) is 1. The third-order valence-corrected chi connectivity index (χ3v) is 2.68. The van der Waals surface area contributed by atoms with E-state index >= 15 is 0 Å². The Hall–Kier alpha value is -1.38. The zero-order chi connectivity index (χ0) is 11.4. The summed E-state index contributed by atoms with van der Waals surface area (Å²) in [5.41, 5.74) is 3.09.